The molecule has 0 saturated carbocycles. The van der Waals surface area contributed by atoms with Crippen molar-refractivity contribution in [3.8, 4) is 0 Å². The third kappa shape index (κ3) is 2.52. The van der Waals surface area contributed by atoms with Gasteiger partial charge in [0.1, 0.15) is 5.82 Å². The van der Waals surface area contributed by atoms with Gasteiger partial charge in [0, 0.05) is 18.2 Å². The van der Waals surface area contributed by atoms with Crippen LogP contribution in [0, 0.1) is 10.1 Å². The zero-order valence-electron chi connectivity index (χ0n) is 13.5. The average Bonchev–Trinajstić information content (AvgIpc) is 2.91. The van der Waals surface area contributed by atoms with E-state index in [1.807, 2.05) is 43.3 Å². The molecule has 0 aliphatic carbocycles. The Morgan fingerprint density at radius 2 is 2.00 bits per heavy atom. The largest absolute Gasteiger partial charge is 0.289 e. The minimum absolute atomic E-state index is 0.00422. The van der Waals surface area contributed by atoms with Gasteiger partial charge in [0.25, 0.3) is 11.2 Å². The highest BCUT2D eigenvalue weighted by Gasteiger charge is 2.27. The van der Waals surface area contributed by atoms with Crippen molar-refractivity contribution >= 4 is 28.2 Å². The third-order valence-corrected chi connectivity index (χ3v) is 4.48. The molecule has 0 spiro atoms. The highest BCUT2D eigenvalue weighted by molar-refractivity contribution is 5.86. The molecule has 1 atom stereocenters. The molecule has 1 aliphatic rings. The number of non-ortho nitro benzene ring substituents is 1. The summed E-state index contributed by atoms with van der Waals surface area (Å²) in [5, 5.41) is 11.4. The van der Waals surface area contributed by atoms with Crippen LogP contribution in [0.25, 0.3) is 22.6 Å². The second-order valence-electron chi connectivity index (χ2n) is 6.20. The van der Waals surface area contributed by atoms with Crippen molar-refractivity contribution in [3.63, 3.8) is 0 Å². The number of rotatable bonds is 2. The van der Waals surface area contributed by atoms with Gasteiger partial charge in [-0.15, -0.1) is 0 Å². The van der Waals surface area contributed by atoms with E-state index in [0.717, 1.165) is 11.1 Å². The fourth-order valence-corrected chi connectivity index (χ4v) is 3.31. The molecule has 6 heteroatoms. The zero-order valence-corrected chi connectivity index (χ0v) is 13.5. The van der Waals surface area contributed by atoms with Gasteiger partial charge in [0.15, 0.2) is 0 Å². The normalized spacial score (nSPS) is 17.8. The van der Waals surface area contributed by atoms with Crippen LogP contribution in [0.2, 0.25) is 0 Å². The van der Waals surface area contributed by atoms with Gasteiger partial charge in [-0.05, 0) is 36.6 Å². The van der Waals surface area contributed by atoms with Gasteiger partial charge in [0.05, 0.1) is 15.8 Å². The lowest BCUT2D eigenvalue weighted by molar-refractivity contribution is -0.384. The van der Waals surface area contributed by atoms with Gasteiger partial charge in [-0.3, -0.25) is 19.5 Å². The van der Waals surface area contributed by atoms with Crippen LogP contribution >= 0.6 is 0 Å². The number of fused-ring (bicyclic) bond motifs is 2. The number of nitro benzene ring substituents is 1. The van der Waals surface area contributed by atoms with Crippen LogP contribution in [0.3, 0.4) is 0 Å². The molecule has 4 rings (SSSR count). The van der Waals surface area contributed by atoms with Crippen molar-refractivity contribution in [1.29, 1.82) is 0 Å². The summed E-state index contributed by atoms with van der Waals surface area (Å²) in [6.45, 7) is 1.98. The number of hydrogen-bond acceptors (Lipinski definition) is 4. The Kier molecular flexibility index (Phi) is 3.46. The van der Waals surface area contributed by atoms with Gasteiger partial charge >= 0.3 is 0 Å². The molecule has 124 valence electrons. The maximum atomic E-state index is 12.8. The first-order valence-corrected chi connectivity index (χ1v) is 8.01. The summed E-state index contributed by atoms with van der Waals surface area (Å²) >= 11 is 0. The predicted molar refractivity (Wildman–Crippen MR) is 96.3 cm³/mol. The molecule has 2 aromatic carbocycles. The topological polar surface area (TPSA) is 78.0 Å². The molecule has 0 fully saturated rings. The van der Waals surface area contributed by atoms with Crippen LogP contribution in [0.5, 0.6) is 0 Å². The molecule has 6 nitrogen and oxygen atoms in total. The lowest BCUT2D eigenvalue weighted by atomic mass is 10.1. The van der Waals surface area contributed by atoms with E-state index < -0.39 is 4.92 Å². The van der Waals surface area contributed by atoms with Gasteiger partial charge in [0.2, 0.25) is 0 Å². The fraction of sp³-hybridized carbons (Fsp3) is 0.158. The Balaban J connectivity index is 1.95. The Hall–Kier alpha value is -3.28. The van der Waals surface area contributed by atoms with E-state index >= 15 is 0 Å². The van der Waals surface area contributed by atoms with Crippen LogP contribution < -0.4 is 5.56 Å². The first kappa shape index (κ1) is 15.3. The predicted octanol–water partition coefficient (Wildman–Crippen LogP) is 3.81. The van der Waals surface area contributed by atoms with Crippen molar-refractivity contribution in [2.24, 2.45) is 0 Å². The van der Waals surface area contributed by atoms with Crippen LogP contribution in [-0.4, -0.2) is 14.5 Å². The van der Waals surface area contributed by atoms with E-state index in [0.29, 0.717) is 23.1 Å². The monoisotopic (exact) mass is 333 g/mol. The summed E-state index contributed by atoms with van der Waals surface area (Å²) < 4.78 is 1.68. The van der Waals surface area contributed by atoms with Gasteiger partial charge < -0.3 is 0 Å². The number of aromatic nitrogens is 2. The van der Waals surface area contributed by atoms with Crippen molar-refractivity contribution in [1.82, 2.24) is 9.55 Å². The molecule has 3 aromatic rings. The van der Waals surface area contributed by atoms with Crippen molar-refractivity contribution in [2.75, 3.05) is 0 Å². The molecule has 25 heavy (non-hydrogen) atoms. The maximum Gasteiger partial charge on any atom is 0.271 e. The third-order valence-electron chi connectivity index (χ3n) is 4.48. The lowest BCUT2D eigenvalue weighted by Crippen LogP contribution is -2.23. The zero-order chi connectivity index (χ0) is 17.6. The molecule has 1 aliphatic heterocycles. The van der Waals surface area contributed by atoms with E-state index in [-0.39, 0.29) is 17.3 Å². The van der Waals surface area contributed by atoms with E-state index in [4.69, 9.17) is 0 Å². The second kappa shape index (κ2) is 5.66. The Labute approximate surface area is 143 Å². The number of hydrogen-bond donors (Lipinski definition) is 0. The first-order valence-electron chi connectivity index (χ1n) is 8.01. The molecule has 0 radical (unpaired) electrons. The minimum atomic E-state index is -0.477. The first-order chi connectivity index (χ1) is 12.0. The van der Waals surface area contributed by atoms with E-state index in [2.05, 4.69) is 4.98 Å². The maximum absolute atomic E-state index is 12.8. The van der Waals surface area contributed by atoms with Crippen molar-refractivity contribution in [2.45, 2.75) is 19.4 Å². The van der Waals surface area contributed by atoms with Crippen LogP contribution in [0.15, 0.2) is 53.3 Å². The molecule has 0 bridgehead atoms. The Morgan fingerprint density at radius 3 is 2.72 bits per heavy atom. The van der Waals surface area contributed by atoms with Gasteiger partial charge in [-0.1, -0.05) is 30.3 Å². The molecule has 1 aromatic heterocycles. The standard InChI is InChI=1S/C19H15N3O3/c1-12-9-14(10-13-5-3-2-4-6-13)18-20-17-11-15(22(24)25)7-8-16(17)19(23)21(12)18/h2-8,10-12H,9H2,1H3. The van der Waals surface area contributed by atoms with Crippen LogP contribution in [-0.2, 0) is 0 Å². The van der Waals surface area contributed by atoms with Crippen molar-refractivity contribution in [3.05, 3.63) is 80.4 Å². The Bertz CT molecular complexity index is 1080. The molecule has 2 heterocycles. The van der Waals surface area contributed by atoms with E-state index in [1.165, 1.54) is 18.2 Å². The summed E-state index contributed by atoms with van der Waals surface area (Å²) in [6, 6.07) is 14.0. The van der Waals surface area contributed by atoms with Crippen LogP contribution in [0.1, 0.15) is 30.8 Å². The SMILES string of the molecule is CC1CC(=Cc2ccccc2)c2nc3cc([N+](=O)[O-])ccc3c(=O)n21. The quantitative estimate of drug-likeness (QED) is 0.528. The summed E-state index contributed by atoms with van der Waals surface area (Å²) in [5.74, 6) is 0.592. The molecule has 0 amide bonds. The summed E-state index contributed by atoms with van der Waals surface area (Å²) in [6.07, 6.45) is 2.72. The second-order valence-corrected chi connectivity index (χ2v) is 6.20. The van der Waals surface area contributed by atoms with E-state index in [9.17, 15) is 14.9 Å². The highest BCUT2D eigenvalue weighted by Crippen LogP contribution is 2.34. The lowest BCUT2D eigenvalue weighted by Gasteiger charge is -2.09. The van der Waals surface area contributed by atoms with Crippen molar-refractivity contribution < 1.29 is 4.92 Å². The van der Waals surface area contributed by atoms with E-state index in [1.54, 1.807) is 4.57 Å². The molecule has 1 unspecified atom stereocenters. The molecular weight excluding hydrogens is 318 g/mol. The summed E-state index contributed by atoms with van der Waals surface area (Å²) in [4.78, 5) is 27.9. The molecule has 0 saturated heterocycles. The molecular formula is C19H15N3O3. The number of nitro groups is 1. The number of benzene rings is 2. The number of nitrogens with zero attached hydrogens (tertiary/aromatic N) is 3. The minimum Gasteiger partial charge on any atom is -0.289 e. The summed E-state index contributed by atoms with van der Waals surface area (Å²) in [7, 11) is 0. The Morgan fingerprint density at radius 1 is 1.24 bits per heavy atom. The average molecular weight is 333 g/mol. The fourth-order valence-electron chi connectivity index (χ4n) is 3.31. The molecule has 0 N–H and O–H groups in total. The smallest absolute Gasteiger partial charge is 0.271 e. The highest BCUT2D eigenvalue weighted by atomic mass is 16.6. The van der Waals surface area contributed by atoms with Gasteiger partial charge in [-0.2, -0.15) is 0 Å². The van der Waals surface area contributed by atoms with Crippen LogP contribution in [0.4, 0.5) is 5.69 Å². The number of allylic oxidation sites excluding steroid dienone is 1. The summed E-state index contributed by atoms with van der Waals surface area (Å²) in [5.41, 5.74) is 2.14. The van der Waals surface area contributed by atoms with Gasteiger partial charge in [-0.25, -0.2) is 4.98 Å².